The fraction of sp³-hybridized carbons (Fsp3) is 0.333. The van der Waals surface area contributed by atoms with Crippen LogP contribution >= 0.6 is 12.4 Å². The van der Waals surface area contributed by atoms with Crippen molar-refractivity contribution in [2.75, 3.05) is 6.54 Å². The number of halogens is 1. The Balaban J connectivity index is 0.00000240. The van der Waals surface area contributed by atoms with Crippen molar-refractivity contribution in [3.8, 4) is 11.3 Å². The van der Waals surface area contributed by atoms with Crippen molar-refractivity contribution < 1.29 is 4.79 Å². The number of ketones is 1. The smallest absolute Gasteiger partial charge is 0.258 e. The van der Waals surface area contributed by atoms with Crippen molar-refractivity contribution in [1.29, 1.82) is 0 Å². The molecule has 5 heteroatoms. The molecule has 3 aromatic rings. The van der Waals surface area contributed by atoms with E-state index < -0.39 is 0 Å². The van der Waals surface area contributed by atoms with E-state index in [1.807, 2.05) is 53.1 Å². The van der Waals surface area contributed by atoms with Crippen molar-refractivity contribution in [2.45, 2.75) is 45.1 Å². The molecule has 0 saturated heterocycles. The molecule has 2 N–H and O–H groups in total. The maximum Gasteiger partial charge on any atom is 0.258 e. The first-order valence-electron chi connectivity index (χ1n) is 10.2. The topological polar surface area (TPSA) is 65.1 Å². The van der Waals surface area contributed by atoms with Gasteiger partial charge in [-0.2, -0.15) is 0 Å². The number of unbranched alkanes of at least 4 members (excludes halogenated alkanes) is 5. The molecule has 0 bridgehead atoms. The van der Waals surface area contributed by atoms with Gasteiger partial charge < -0.3 is 10.3 Å². The summed E-state index contributed by atoms with van der Waals surface area (Å²) >= 11 is 0. The minimum atomic E-state index is 0. The van der Waals surface area contributed by atoms with E-state index in [1.54, 1.807) is 0 Å². The molecule has 29 heavy (non-hydrogen) atoms. The average molecular weight is 411 g/mol. The minimum Gasteiger partial charge on any atom is -0.330 e. The standard InChI is InChI=1S/C24H26N2O2.ClH/c25-15-9-3-1-2-4-10-16-26-22-18-12-6-7-13-19(18)23(27)21(22)17-11-5-8-14-20(17)24(26)28;/h5-8,11-14H,1-4,9-10,15-16,25H2;1H. The first-order chi connectivity index (χ1) is 13.7. The van der Waals surface area contributed by atoms with Crippen LogP contribution in [-0.4, -0.2) is 16.9 Å². The zero-order chi connectivity index (χ0) is 19.5. The van der Waals surface area contributed by atoms with Gasteiger partial charge in [0, 0.05) is 28.4 Å². The fourth-order valence-electron chi connectivity index (χ4n) is 4.26. The summed E-state index contributed by atoms with van der Waals surface area (Å²) in [6.45, 7) is 1.40. The van der Waals surface area contributed by atoms with Crippen LogP contribution in [0.5, 0.6) is 0 Å². The normalized spacial score (nSPS) is 12.0. The maximum atomic E-state index is 13.2. The molecule has 152 valence electrons. The van der Waals surface area contributed by atoms with E-state index in [9.17, 15) is 9.59 Å². The SMILES string of the molecule is Cl.NCCCCCCCCn1c2c(c3ccccc3c1=O)C(=O)c1ccccc1-2. The Morgan fingerprint density at radius 3 is 2.03 bits per heavy atom. The van der Waals surface area contributed by atoms with E-state index >= 15 is 0 Å². The molecular formula is C24H27ClN2O2. The Morgan fingerprint density at radius 2 is 1.31 bits per heavy atom. The third kappa shape index (κ3) is 3.87. The van der Waals surface area contributed by atoms with Crippen molar-refractivity contribution in [1.82, 2.24) is 4.57 Å². The molecule has 4 rings (SSSR count). The van der Waals surface area contributed by atoms with E-state index in [-0.39, 0.29) is 23.7 Å². The number of fused-ring (bicyclic) bond motifs is 5. The van der Waals surface area contributed by atoms with Gasteiger partial charge in [0.1, 0.15) is 0 Å². The highest BCUT2D eigenvalue weighted by atomic mass is 35.5. The molecule has 0 aliphatic heterocycles. The van der Waals surface area contributed by atoms with Crippen LogP contribution in [0.25, 0.3) is 22.0 Å². The zero-order valence-electron chi connectivity index (χ0n) is 16.5. The van der Waals surface area contributed by atoms with Crippen molar-refractivity contribution in [3.05, 3.63) is 70.0 Å². The summed E-state index contributed by atoms with van der Waals surface area (Å²) in [6, 6.07) is 15.1. The van der Waals surface area contributed by atoms with E-state index in [0.29, 0.717) is 23.1 Å². The quantitative estimate of drug-likeness (QED) is 0.418. The van der Waals surface area contributed by atoms with Gasteiger partial charge in [-0.3, -0.25) is 9.59 Å². The van der Waals surface area contributed by atoms with Gasteiger partial charge in [0.05, 0.1) is 11.3 Å². The lowest BCUT2D eigenvalue weighted by atomic mass is 10.0. The summed E-state index contributed by atoms with van der Waals surface area (Å²) in [5.74, 6) is 0.0253. The number of nitrogens with two attached hydrogens (primary N) is 1. The largest absolute Gasteiger partial charge is 0.330 e. The summed E-state index contributed by atoms with van der Waals surface area (Å²) in [6.07, 6.45) is 6.60. The first-order valence-corrected chi connectivity index (χ1v) is 10.2. The van der Waals surface area contributed by atoms with Crippen LogP contribution in [0, 0.1) is 0 Å². The fourth-order valence-corrected chi connectivity index (χ4v) is 4.26. The van der Waals surface area contributed by atoms with Crippen LogP contribution in [0.4, 0.5) is 0 Å². The number of carbonyl (C=O) groups is 1. The molecule has 4 nitrogen and oxygen atoms in total. The van der Waals surface area contributed by atoms with Crippen molar-refractivity contribution >= 4 is 29.0 Å². The third-order valence-electron chi connectivity index (χ3n) is 5.67. The lowest BCUT2D eigenvalue weighted by molar-refractivity contribution is 0.104. The van der Waals surface area contributed by atoms with E-state index in [2.05, 4.69) is 0 Å². The van der Waals surface area contributed by atoms with Crippen LogP contribution in [0.1, 0.15) is 54.4 Å². The maximum absolute atomic E-state index is 13.2. The minimum absolute atomic E-state index is 0. The molecule has 0 amide bonds. The molecule has 1 aromatic heterocycles. The number of hydrogen-bond acceptors (Lipinski definition) is 3. The molecule has 1 aliphatic carbocycles. The molecule has 0 unspecified atom stereocenters. The third-order valence-corrected chi connectivity index (χ3v) is 5.67. The summed E-state index contributed by atoms with van der Waals surface area (Å²) in [7, 11) is 0. The molecule has 0 radical (unpaired) electrons. The molecule has 0 fully saturated rings. The molecule has 1 heterocycles. The Bertz CT molecular complexity index is 1090. The van der Waals surface area contributed by atoms with Crippen molar-refractivity contribution in [3.63, 3.8) is 0 Å². The second kappa shape index (κ2) is 9.38. The van der Waals surface area contributed by atoms with Crippen LogP contribution < -0.4 is 11.3 Å². The van der Waals surface area contributed by atoms with Gasteiger partial charge in [0.15, 0.2) is 5.78 Å². The average Bonchev–Trinajstić information content (AvgIpc) is 3.02. The molecule has 2 aromatic carbocycles. The van der Waals surface area contributed by atoms with Gasteiger partial charge in [-0.15, -0.1) is 12.4 Å². The lowest BCUT2D eigenvalue weighted by Gasteiger charge is -2.15. The van der Waals surface area contributed by atoms with Gasteiger partial charge in [-0.05, 0) is 25.5 Å². The van der Waals surface area contributed by atoms with Crippen molar-refractivity contribution in [2.24, 2.45) is 5.73 Å². The highest BCUT2D eigenvalue weighted by molar-refractivity contribution is 6.26. The van der Waals surface area contributed by atoms with Crippen LogP contribution in [0.15, 0.2) is 53.3 Å². The number of rotatable bonds is 8. The van der Waals surface area contributed by atoms with Gasteiger partial charge in [0.25, 0.3) is 5.56 Å². The van der Waals surface area contributed by atoms with E-state index in [1.165, 1.54) is 12.8 Å². The number of aromatic nitrogens is 1. The van der Waals surface area contributed by atoms with E-state index in [4.69, 9.17) is 5.73 Å². The van der Waals surface area contributed by atoms with Crippen LogP contribution in [0.2, 0.25) is 0 Å². The number of hydrogen-bond donors (Lipinski definition) is 1. The Morgan fingerprint density at radius 1 is 0.724 bits per heavy atom. The summed E-state index contributed by atoms with van der Waals surface area (Å²) in [5.41, 5.74) is 8.61. The van der Waals surface area contributed by atoms with Gasteiger partial charge in [-0.1, -0.05) is 68.1 Å². The van der Waals surface area contributed by atoms with Gasteiger partial charge in [-0.25, -0.2) is 0 Å². The zero-order valence-corrected chi connectivity index (χ0v) is 17.3. The molecule has 0 atom stereocenters. The molecule has 0 saturated carbocycles. The first kappa shape index (κ1) is 21.3. The summed E-state index contributed by atoms with van der Waals surface area (Å²) < 4.78 is 1.83. The number of pyridine rings is 1. The van der Waals surface area contributed by atoms with Crippen LogP contribution in [-0.2, 0) is 6.54 Å². The molecule has 1 aliphatic rings. The molecular weight excluding hydrogens is 384 g/mol. The lowest BCUT2D eigenvalue weighted by Crippen LogP contribution is -2.23. The van der Waals surface area contributed by atoms with Gasteiger partial charge >= 0.3 is 0 Å². The summed E-state index contributed by atoms with van der Waals surface area (Å²) in [4.78, 5) is 26.4. The Labute approximate surface area is 177 Å². The predicted molar refractivity (Wildman–Crippen MR) is 121 cm³/mol. The second-order valence-electron chi connectivity index (χ2n) is 7.51. The monoisotopic (exact) mass is 410 g/mol. The predicted octanol–water partition coefficient (Wildman–Crippen LogP) is 4.93. The number of nitrogens with zero attached hydrogens (tertiary/aromatic N) is 1. The van der Waals surface area contributed by atoms with E-state index in [0.717, 1.165) is 48.9 Å². The number of carbonyl (C=O) groups excluding carboxylic acids is 1. The van der Waals surface area contributed by atoms with Crippen LogP contribution in [0.3, 0.4) is 0 Å². The molecule has 0 spiro atoms. The Hall–Kier alpha value is -2.43. The number of benzene rings is 2. The Kier molecular flexibility index (Phi) is 6.88. The summed E-state index contributed by atoms with van der Waals surface area (Å²) in [5, 5.41) is 1.40. The van der Waals surface area contributed by atoms with Gasteiger partial charge in [0.2, 0.25) is 0 Å². The second-order valence-corrected chi connectivity index (χ2v) is 7.51. The highest BCUT2D eigenvalue weighted by Crippen LogP contribution is 2.39. The highest BCUT2D eigenvalue weighted by Gasteiger charge is 2.31.